The minimum absolute atomic E-state index is 0.0000116. The number of carbonyl (C=O) groups is 11. The van der Waals surface area contributed by atoms with Gasteiger partial charge in [-0.05, 0) is 169 Å². The van der Waals surface area contributed by atoms with Crippen LogP contribution in [0.2, 0.25) is 0 Å². The highest BCUT2D eigenvalue weighted by atomic mass is 32.2. The number of guanidine groups is 2. The standard InChI is InChI=1S/C81H119N21O20S2/c1-116-60-34-43(35-61(117-2)69(60)118-3)66-46-36-58-59(121-42-120-58)37-47(46)68(48-40-119-79(115)67(48)66)122-65(105)23-31-102-64(104)38-62(78(102)114)124-41-49(85)71(107)91-30-22-63(103)95-52(20-13-28-92-80(87)88)72(108)98-55(21-14-29-93-81(89)90)74(110)100-56(24-32-123-4)76(112)97-54(19-9-12-27-84)75(111)101-57(33-44-39-94-50-16-6-5-15-45(44)50)77(113)99-53(18-8-11-26-83)73(109)96-51(70(86)106)17-7-10-25-82/h5-6,15-16,34-39,48-49,51-57,66-68,94,104,114H,7-14,17-33,40-42,82-85H2,1-4H3,(H2,86,106)(H,91,107)(H,95,103)(H,96,109)(H,97,112)(H,98,108)(H,99,113)(H,100,110)(H,101,111)(H4,87,88,92)(H4,89,90,93)/t48-,49-,51-,52-,53-,54-,55-,56-,57-,66+,67-,68-/m0/s1. The average molecular weight is 1770 g/mol. The third-order valence-electron chi connectivity index (χ3n) is 21.4. The predicted octanol–water partition coefficient (Wildman–Crippen LogP) is -0.542. The van der Waals surface area contributed by atoms with Gasteiger partial charge < -0.3 is 142 Å². The number of cyclic esters (lactones) is 1. The van der Waals surface area contributed by atoms with Crippen molar-refractivity contribution in [3.05, 3.63) is 83.0 Å². The van der Waals surface area contributed by atoms with Crippen molar-refractivity contribution in [3.8, 4) is 40.5 Å². The van der Waals surface area contributed by atoms with Crippen molar-refractivity contribution in [2.45, 2.75) is 181 Å². The van der Waals surface area contributed by atoms with Gasteiger partial charge in [-0.25, -0.2) is 0 Å². The molecule has 0 spiro atoms. The molecule has 1 saturated heterocycles. The lowest BCUT2D eigenvalue weighted by Gasteiger charge is -2.38. The molecule has 124 heavy (non-hydrogen) atoms. The normalized spacial score (nSPS) is 16.8. The minimum Gasteiger partial charge on any atom is -0.494 e. The maximum Gasteiger partial charge on any atom is 0.310 e. The highest BCUT2D eigenvalue weighted by molar-refractivity contribution is 7.99. The van der Waals surface area contributed by atoms with E-state index >= 15 is 0 Å². The molecule has 1 fully saturated rings. The van der Waals surface area contributed by atoms with Gasteiger partial charge in [0.2, 0.25) is 71.6 Å². The van der Waals surface area contributed by atoms with Gasteiger partial charge in [0.15, 0.2) is 40.8 Å². The number of hydrogen-bond donors (Lipinski definition) is 22. The number of primary amides is 1. The number of benzene rings is 3. The van der Waals surface area contributed by atoms with Gasteiger partial charge in [0, 0.05) is 85.3 Å². The lowest BCUT2D eigenvalue weighted by molar-refractivity contribution is -0.155. The van der Waals surface area contributed by atoms with Gasteiger partial charge in [-0.3, -0.25) is 68.1 Å². The summed E-state index contributed by atoms with van der Waals surface area (Å²) in [6, 6.07) is 4.98. The molecule has 0 saturated carbocycles. The Labute approximate surface area is 725 Å². The molecular formula is C81H119N21O20S2. The molecule has 2 aromatic heterocycles. The van der Waals surface area contributed by atoms with Crippen molar-refractivity contribution >= 4 is 111 Å². The van der Waals surface area contributed by atoms with Crippen LogP contribution in [0.4, 0.5) is 0 Å². The molecule has 41 nitrogen and oxygen atoms in total. The summed E-state index contributed by atoms with van der Waals surface area (Å²) in [5.41, 5.74) is 43.7. The number of rotatable bonds is 54. The Bertz CT molecular complexity index is 4510. The van der Waals surface area contributed by atoms with Crippen LogP contribution in [0, 0.1) is 22.7 Å². The van der Waals surface area contributed by atoms with Crippen molar-refractivity contribution in [2.24, 2.45) is 52.0 Å². The smallest absolute Gasteiger partial charge is 0.310 e. The number of esters is 2. The lowest BCUT2D eigenvalue weighted by atomic mass is 9.66. The number of ether oxygens (including phenoxy) is 7. The molecule has 0 radical (unpaired) electrons. The molecule has 9 amide bonds. The minimum atomic E-state index is -1.43. The SMILES string of the molecule is COc1cc([C@@H]2c3cc4c(cc3[C@H](OC(=O)CCn3c(O)cc(SC[C@H](N)C(=O)NCCC(=O)N[C@@H](CCCNC(=N)N)C(=O)N[C@@H](CCCNC(=N)N)C(=O)N[C@@H](CCSC)C(=O)N[C@@H](CCCCN)C(=O)N[C@@H](Cc5c[nH]c6ccccc56)C(=O)N[C@@H](CCCCN)C(=O)N[C@@H](CCCCN)C(N)=O)c3O)[C@H]3COC(=O)[C@H]23)OCO4)cc(OC)c1OC. The number of thioether (sulfide) groups is 2. The summed E-state index contributed by atoms with van der Waals surface area (Å²) < 4.78 is 41.4. The molecule has 29 N–H and O–H groups in total. The zero-order valence-corrected chi connectivity index (χ0v) is 71.7. The van der Waals surface area contributed by atoms with E-state index in [4.69, 9.17) is 84.1 Å². The third-order valence-corrected chi connectivity index (χ3v) is 23.2. The van der Waals surface area contributed by atoms with Gasteiger partial charge in [0.1, 0.15) is 48.4 Å². The summed E-state index contributed by atoms with van der Waals surface area (Å²) >= 11 is 2.25. The topological polar surface area (TPSA) is 664 Å². The van der Waals surface area contributed by atoms with E-state index in [1.165, 1.54) is 39.2 Å². The number of carbonyl (C=O) groups excluding carboxylic acids is 11. The van der Waals surface area contributed by atoms with E-state index in [0.717, 1.165) is 27.2 Å². The van der Waals surface area contributed by atoms with Crippen molar-refractivity contribution in [1.82, 2.24) is 62.7 Å². The van der Waals surface area contributed by atoms with Crippen LogP contribution >= 0.6 is 23.5 Å². The lowest BCUT2D eigenvalue weighted by Crippen LogP contribution is -2.60. The van der Waals surface area contributed by atoms with E-state index < -0.39 is 155 Å². The summed E-state index contributed by atoms with van der Waals surface area (Å²) in [7, 11) is 4.41. The van der Waals surface area contributed by atoms with E-state index in [-0.39, 0.29) is 139 Å². The fraction of sp³-hybridized carbons (Fsp3) is 0.543. The van der Waals surface area contributed by atoms with Gasteiger partial charge in [-0.1, -0.05) is 18.2 Å². The number of amides is 9. The molecule has 8 rings (SSSR count). The number of aromatic nitrogens is 2. The zero-order chi connectivity index (χ0) is 90.1. The van der Waals surface area contributed by atoms with Gasteiger partial charge in [0.25, 0.3) is 0 Å². The monoisotopic (exact) mass is 1770 g/mol. The number of aromatic amines is 1. The molecule has 3 aliphatic rings. The molecule has 680 valence electrons. The number of para-hydroxylation sites is 1. The number of hydrogen-bond acceptors (Lipinski definition) is 28. The summed E-state index contributed by atoms with van der Waals surface area (Å²) in [5, 5.41) is 65.7. The van der Waals surface area contributed by atoms with Crippen molar-refractivity contribution in [3.63, 3.8) is 0 Å². The van der Waals surface area contributed by atoms with Crippen molar-refractivity contribution < 1.29 is 96.1 Å². The summed E-state index contributed by atoms with van der Waals surface area (Å²) in [4.78, 5) is 159. The van der Waals surface area contributed by atoms with E-state index in [1.807, 2.05) is 18.2 Å². The number of fused-ring (bicyclic) bond motifs is 4. The highest BCUT2D eigenvalue weighted by Gasteiger charge is 2.54. The maximum absolute atomic E-state index is 14.9. The van der Waals surface area contributed by atoms with Gasteiger partial charge in [-0.2, -0.15) is 11.8 Å². The Morgan fingerprint density at radius 1 is 0.597 bits per heavy atom. The first-order valence-corrected chi connectivity index (χ1v) is 43.5. The second kappa shape index (κ2) is 49.0. The average Bonchev–Trinajstić information content (AvgIpc) is 1.46. The molecule has 5 aromatic rings. The molecule has 43 heteroatoms. The van der Waals surface area contributed by atoms with Crippen LogP contribution in [0.5, 0.6) is 40.5 Å². The van der Waals surface area contributed by atoms with Crippen molar-refractivity contribution in [1.29, 1.82) is 10.8 Å². The summed E-state index contributed by atoms with van der Waals surface area (Å²) in [5.74, 6) is -10.2. The number of nitrogens with zero attached hydrogens (tertiary/aromatic N) is 1. The number of aromatic hydroxyl groups is 2. The fourth-order valence-electron chi connectivity index (χ4n) is 14.9. The largest absolute Gasteiger partial charge is 0.494 e. The number of nitrogens with two attached hydrogens (primary N) is 7. The van der Waals surface area contributed by atoms with E-state index in [1.54, 1.807) is 42.8 Å². The van der Waals surface area contributed by atoms with Crippen LogP contribution in [0.1, 0.15) is 137 Å². The predicted molar refractivity (Wildman–Crippen MR) is 461 cm³/mol. The second-order valence-corrected chi connectivity index (χ2v) is 32.2. The molecule has 4 heterocycles. The van der Waals surface area contributed by atoms with Crippen LogP contribution in [0.25, 0.3) is 10.9 Å². The maximum atomic E-state index is 14.9. The zero-order valence-electron chi connectivity index (χ0n) is 70.0. The number of unbranched alkanes of at least 4 members (excludes halogenated alkanes) is 3. The number of methoxy groups -OCH3 is 3. The molecule has 0 unspecified atom stereocenters. The Kier molecular flexibility index (Phi) is 38.6. The van der Waals surface area contributed by atoms with Gasteiger partial charge in [0.05, 0.1) is 51.2 Å². The molecule has 2 aliphatic heterocycles. The Morgan fingerprint density at radius 3 is 1.64 bits per heavy atom. The van der Waals surface area contributed by atoms with Crippen LogP contribution < -0.4 is 117 Å². The highest BCUT2D eigenvalue weighted by Crippen LogP contribution is 2.57. The fourth-order valence-corrected chi connectivity index (χ4v) is 16.3. The Morgan fingerprint density at radius 2 is 1.10 bits per heavy atom. The first-order chi connectivity index (χ1) is 59.6. The van der Waals surface area contributed by atoms with Crippen LogP contribution in [-0.4, -0.2) is 237 Å². The van der Waals surface area contributed by atoms with Crippen molar-refractivity contribution in [2.75, 3.05) is 91.8 Å². The van der Waals surface area contributed by atoms with E-state index in [9.17, 15) is 63.0 Å². The summed E-state index contributed by atoms with van der Waals surface area (Å²) in [6.07, 6.45) is 4.56. The quantitative estimate of drug-likeness (QED) is 0.00764. The molecule has 12 atom stereocenters. The van der Waals surface area contributed by atoms with Crippen LogP contribution in [0.3, 0.4) is 0 Å². The first kappa shape index (κ1) is 97.8. The third kappa shape index (κ3) is 27.7. The number of H-pyrrole nitrogens is 1. The molecule has 0 bridgehead atoms. The van der Waals surface area contributed by atoms with Gasteiger partial charge >= 0.3 is 11.9 Å². The first-order valence-electron chi connectivity index (χ1n) is 41.1. The van der Waals surface area contributed by atoms with Gasteiger partial charge in [-0.15, -0.1) is 11.8 Å². The molecule has 1 aliphatic carbocycles. The molecule has 3 aromatic carbocycles. The number of nitrogens with one attached hydrogen (secondary N) is 13. The second-order valence-electron chi connectivity index (χ2n) is 30.1. The van der Waals surface area contributed by atoms with E-state index in [2.05, 4.69) is 58.2 Å². The Balaban J connectivity index is 0.899. The van der Waals surface area contributed by atoms with E-state index in [0.29, 0.717) is 102 Å². The van der Waals surface area contributed by atoms with Crippen LogP contribution in [-0.2, 0) is 75.2 Å². The summed E-state index contributed by atoms with van der Waals surface area (Å²) in [6.45, 7) is 0.248. The molecular weight excluding hydrogens is 1650 g/mol. The van der Waals surface area contributed by atoms with Crippen LogP contribution in [0.15, 0.2) is 65.7 Å². The Hall–Kier alpha value is -11.7.